The largest absolute Gasteiger partial charge is 0.0836 e. The second kappa shape index (κ2) is 6.58. The molecule has 1 atom stereocenters. The van der Waals surface area contributed by atoms with Gasteiger partial charge in [0, 0.05) is 4.83 Å². The van der Waals surface area contributed by atoms with Gasteiger partial charge in [0.05, 0.1) is 0 Å². The van der Waals surface area contributed by atoms with E-state index >= 15 is 0 Å². The van der Waals surface area contributed by atoms with Gasteiger partial charge in [-0.25, -0.2) is 0 Å². The summed E-state index contributed by atoms with van der Waals surface area (Å²) in [6, 6.07) is 9.24. The molecule has 1 aromatic rings. The molecular weight excluding hydrogens is 272 g/mol. The Bertz CT molecular complexity index is 322. The monoisotopic (exact) mass is 294 g/mol. The van der Waals surface area contributed by atoms with E-state index in [-0.39, 0.29) is 0 Å². The van der Waals surface area contributed by atoms with E-state index in [1.807, 2.05) is 0 Å². The highest BCUT2D eigenvalue weighted by Gasteiger charge is 2.22. The lowest BCUT2D eigenvalue weighted by molar-refractivity contribution is 0.354. The highest BCUT2D eigenvalue weighted by Crippen LogP contribution is 2.39. The Morgan fingerprint density at radius 1 is 1.12 bits per heavy atom. The number of hydrogen-bond donors (Lipinski definition) is 0. The van der Waals surface area contributed by atoms with Crippen LogP contribution in [0.1, 0.15) is 61.4 Å². The number of hydrogen-bond acceptors (Lipinski definition) is 0. The molecule has 0 N–H and O–H groups in total. The molecule has 0 amide bonds. The topological polar surface area (TPSA) is 0 Å². The van der Waals surface area contributed by atoms with E-state index in [1.54, 1.807) is 0 Å². The van der Waals surface area contributed by atoms with Crippen molar-refractivity contribution in [1.82, 2.24) is 0 Å². The molecule has 0 aliphatic heterocycles. The van der Waals surface area contributed by atoms with Crippen molar-refractivity contribution in [2.45, 2.75) is 56.7 Å². The van der Waals surface area contributed by atoms with Crippen molar-refractivity contribution < 1.29 is 0 Å². The standard InChI is InChI=1S/C16H23Br/c1-2-6-13-9-11-15(12-10-13)16(17)14-7-4-3-5-8-14/h9-12,14,16H,2-8H2,1H3. The van der Waals surface area contributed by atoms with Crippen LogP contribution in [0.15, 0.2) is 24.3 Å². The smallest absolute Gasteiger partial charge is 0.0423 e. The molecule has 1 aliphatic carbocycles. The minimum absolute atomic E-state index is 0.568. The summed E-state index contributed by atoms with van der Waals surface area (Å²) in [7, 11) is 0. The van der Waals surface area contributed by atoms with Crippen molar-refractivity contribution in [3.05, 3.63) is 35.4 Å². The molecule has 0 heterocycles. The molecule has 2 rings (SSSR count). The van der Waals surface area contributed by atoms with Gasteiger partial charge in [-0.15, -0.1) is 0 Å². The molecule has 0 spiro atoms. The molecule has 94 valence electrons. The SMILES string of the molecule is CCCc1ccc(C(Br)C2CCCCC2)cc1. The van der Waals surface area contributed by atoms with E-state index in [1.165, 1.54) is 56.1 Å². The highest BCUT2D eigenvalue weighted by molar-refractivity contribution is 9.09. The van der Waals surface area contributed by atoms with Crippen LogP contribution in [0.4, 0.5) is 0 Å². The zero-order valence-electron chi connectivity index (χ0n) is 10.8. The van der Waals surface area contributed by atoms with Crippen LogP contribution in [0.3, 0.4) is 0 Å². The van der Waals surface area contributed by atoms with Crippen LogP contribution < -0.4 is 0 Å². The number of benzene rings is 1. The number of alkyl halides is 1. The fourth-order valence-corrected chi connectivity index (χ4v) is 3.69. The van der Waals surface area contributed by atoms with Crippen LogP contribution in [0, 0.1) is 5.92 Å². The number of halogens is 1. The van der Waals surface area contributed by atoms with Crippen molar-refractivity contribution in [3.63, 3.8) is 0 Å². The van der Waals surface area contributed by atoms with Gasteiger partial charge in [0.15, 0.2) is 0 Å². The van der Waals surface area contributed by atoms with E-state index in [0.29, 0.717) is 4.83 Å². The van der Waals surface area contributed by atoms with Crippen molar-refractivity contribution >= 4 is 15.9 Å². The quantitative estimate of drug-likeness (QED) is 0.629. The minimum Gasteiger partial charge on any atom is -0.0836 e. The summed E-state index contributed by atoms with van der Waals surface area (Å²) in [5, 5.41) is 0. The third-order valence-electron chi connectivity index (χ3n) is 3.90. The van der Waals surface area contributed by atoms with Gasteiger partial charge in [0.1, 0.15) is 0 Å². The predicted octanol–water partition coefficient (Wildman–Crippen LogP) is 5.66. The van der Waals surface area contributed by atoms with Crippen molar-refractivity contribution in [2.75, 3.05) is 0 Å². The Hall–Kier alpha value is -0.300. The van der Waals surface area contributed by atoms with Gasteiger partial charge in [0.2, 0.25) is 0 Å². The van der Waals surface area contributed by atoms with Gasteiger partial charge in [-0.1, -0.05) is 72.8 Å². The van der Waals surface area contributed by atoms with Crippen LogP contribution in [0.5, 0.6) is 0 Å². The van der Waals surface area contributed by atoms with E-state index in [2.05, 4.69) is 47.1 Å². The average Bonchev–Trinajstić information content (AvgIpc) is 2.40. The molecule has 1 unspecified atom stereocenters. The summed E-state index contributed by atoms with van der Waals surface area (Å²) in [4.78, 5) is 0.568. The average molecular weight is 295 g/mol. The van der Waals surface area contributed by atoms with Gasteiger partial charge in [-0.2, -0.15) is 0 Å². The maximum Gasteiger partial charge on any atom is 0.0423 e. The van der Waals surface area contributed by atoms with Gasteiger partial charge in [-0.05, 0) is 36.3 Å². The van der Waals surface area contributed by atoms with Crippen LogP contribution in [-0.2, 0) is 6.42 Å². The Kier molecular flexibility index (Phi) is 5.09. The maximum absolute atomic E-state index is 3.91. The fourth-order valence-electron chi connectivity index (χ4n) is 2.86. The first-order valence-electron chi connectivity index (χ1n) is 7.04. The minimum atomic E-state index is 0.568. The molecular formula is C16H23Br. The predicted molar refractivity (Wildman–Crippen MR) is 78.7 cm³/mol. The molecule has 0 saturated heterocycles. The summed E-state index contributed by atoms with van der Waals surface area (Å²) in [6.07, 6.45) is 9.50. The van der Waals surface area contributed by atoms with E-state index in [9.17, 15) is 0 Å². The van der Waals surface area contributed by atoms with Crippen molar-refractivity contribution in [2.24, 2.45) is 5.92 Å². The molecule has 1 aliphatic rings. The lowest BCUT2D eigenvalue weighted by Crippen LogP contribution is -2.11. The lowest BCUT2D eigenvalue weighted by Gasteiger charge is -2.26. The zero-order valence-corrected chi connectivity index (χ0v) is 12.4. The summed E-state index contributed by atoms with van der Waals surface area (Å²) in [6.45, 7) is 2.24. The van der Waals surface area contributed by atoms with Crippen LogP contribution in [-0.4, -0.2) is 0 Å². The normalized spacial score (nSPS) is 19.2. The van der Waals surface area contributed by atoms with Crippen LogP contribution >= 0.6 is 15.9 Å². The fraction of sp³-hybridized carbons (Fsp3) is 0.625. The Morgan fingerprint density at radius 3 is 2.35 bits per heavy atom. The first-order chi connectivity index (χ1) is 8.31. The first-order valence-corrected chi connectivity index (χ1v) is 7.95. The van der Waals surface area contributed by atoms with Crippen molar-refractivity contribution in [1.29, 1.82) is 0 Å². The third-order valence-corrected chi connectivity index (χ3v) is 5.18. The van der Waals surface area contributed by atoms with E-state index < -0.39 is 0 Å². The van der Waals surface area contributed by atoms with Crippen LogP contribution in [0.25, 0.3) is 0 Å². The highest BCUT2D eigenvalue weighted by atomic mass is 79.9. The molecule has 0 nitrogen and oxygen atoms in total. The Labute approximate surface area is 114 Å². The van der Waals surface area contributed by atoms with Crippen molar-refractivity contribution in [3.8, 4) is 0 Å². The third kappa shape index (κ3) is 3.58. The lowest BCUT2D eigenvalue weighted by atomic mass is 9.84. The number of rotatable bonds is 4. The van der Waals surface area contributed by atoms with Gasteiger partial charge in [0.25, 0.3) is 0 Å². The molecule has 1 saturated carbocycles. The second-order valence-corrected chi connectivity index (χ2v) is 6.28. The zero-order chi connectivity index (χ0) is 12.1. The van der Waals surface area contributed by atoms with Gasteiger partial charge >= 0.3 is 0 Å². The summed E-state index contributed by atoms with van der Waals surface area (Å²) >= 11 is 3.91. The van der Waals surface area contributed by atoms with Gasteiger partial charge in [-0.3, -0.25) is 0 Å². The molecule has 17 heavy (non-hydrogen) atoms. The molecule has 0 radical (unpaired) electrons. The Morgan fingerprint density at radius 2 is 1.76 bits per heavy atom. The number of aryl methyl sites for hydroxylation is 1. The maximum atomic E-state index is 3.91. The second-order valence-electron chi connectivity index (χ2n) is 5.29. The molecule has 1 fully saturated rings. The molecule has 0 bridgehead atoms. The van der Waals surface area contributed by atoms with E-state index in [0.717, 1.165) is 5.92 Å². The molecule has 1 aromatic carbocycles. The van der Waals surface area contributed by atoms with E-state index in [4.69, 9.17) is 0 Å². The summed E-state index contributed by atoms with van der Waals surface area (Å²) < 4.78 is 0. The summed E-state index contributed by atoms with van der Waals surface area (Å²) in [5.74, 6) is 0.848. The molecule has 0 aromatic heterocycles. The first kappa shape index (κ1) is 13.1. The van der Waals surface area contributed by atoms with Crippen LogP contribution in [0.2, 0.25) is 0 Å². The van der Waals surface area contributed by atoms with Gasteiger partial charge < -0.3 is 0 Å². The molecule has 1 heteroatoms. The summed E-state index contributed by atoms with van der Waals surface area (Å²) in [5.41, 5.74) is 2.94. The Balaban J connectivity index is 2.00.